The lowest BCUT2D eigenvalue weighted by Crippen LogP contribution is -2.54. The van der Waals surface area contributed by atoms with Crippen molar-refractivity contribution in [2.24, 2.45) is 5.92 Å². The van der Waals surface area contributed by atoms with E-state index in [0.717, 1.165) is 0 Å². The molecule has 3 nitrogen and oxygen atoms in total. The second kappa shape index (κ2) is 6.17. The Balaban J connectivity index is 2.68. The van der Waals surface area contributed by atoms with E-state index in [2.05, 4.69) is 11.4 Å². The Bertz CT molecular complexity index is 348. The summed E-state index contributed by atoms with van der Waals surface area (Å²) in [6, 6.07) is 4.07. The molecule has 0 aliphatic rings. The van der Waals surface area contributed by atoms with Crippen LogP contribution in [0.2, 0.25) is 0 Å². The van der Waals surface area contributed by atoms with E-state index in [1.54, 1.807) is 11.3 Å². The van der Waals surface area contributed by atoms with Gasteiger partial charge in [0.1, 0.15) is 5.54 Å². The minimum Gasteiger partial charge on any atom is -0.465 e. The molecule has 4 heteroatoms. The summed E-state index contributed by atoms with van der Waals surface area (Å²) in [7, 11) is 0. The molecule has 1 unspecified atom stereocenters. The Morgan fingerprint density at radius 3 is 2.76 bits per heavy atom. The summed E-state index contributed by atoms with van der Waals surface area (Å²) in [5.74, 6) is 0.00747. The molecule has 1 N–H and O–H groups in total. The smallest absolute Gasteiger partial charge is 0.326 e. The highest BCUT2D eigenvalue weighted by Gasteiger charge is 2.37. The second-order valence-electron chi connectivity index (χ2n) is 4.51. The summed E-state index contributed by atoms with van der Waals surface area (Å²) in [5.41, 5.74) is -0.625. The van der Waals surface area contributed by atoms with Gasteiger partial charge in [0.15, 0.2) is 0 Å². The van der Waals surface area contributed by atoms with Crippen LogP contribution in [0.5, 0.6) is 0 Å². The Morgan fingerprint density at radius 1 is 1.59 bits per heavy atom. The van der Waals surface area contributed by atoms with E-state index in [1.165, 1.54) is 4.88 Å². The zero-order valence-electron chi connectivity index (χ0n) is 10.9. The zero-order valence-corrected chi connectivity index (χ0v) is 11.8. The first kappa shape index (κ1) is 14.2. The van der Waals surface area contributed by atoms with Gasteiger partial charge in [-0.3, -0.25) is 10.1 Å². The van der Waals surface area contributed by atoms with Crippen molar-refractivity contribution in [1.82, 2.24) is 5.32 Å². The average molecular weight is 255 g/mol. The molecule has 0 aromatic carbocycles. The van der Waals surface area contributed by atoms with Crippen molar-refractivity contribution < 1.29 is 9.53 Å². The van der Waals surface area contributed by atoms with Crippen LogP contribution in [0.1, 0.15) is 32.6 Å². The molecule has 1 aromatic rings. The molecule has 96 valence electrons. The molecule has 0 bridgehead atoms. The molecule has 0 saturated carbocycles. The lowest BCUT2D eigenvalue weighted by atomic mass is 9.88. The third-order valence-corrected chi connectivity index (χ3v) is 3.94. The maximum absolute atomic E-state index is 12.0. The fourth-order valence-corrected chi connectivity index (χ4v) is 2.12. The molecule has 0 aliphatic heterocycles. The van der Waals surface area contributed by atoms with Crippen molar-refractivity contribution in [3.8, 4) is 0 Å². The molecule has 0 spiro atoms. The number of rotatable bonds is 6. The van der Waals surface area contributed by atoms with Crippen molar-refractivity contribution in [2.75, 3.05) is 6.61 Å². The summed E-state index contributed by atoms with van der Waals surface area (Å²) in [6.45, 7) is 8.91. The molecule has 1 rings (SSSR count). The van der Waals surface area contributed by atoms with Crippen molar-refractivity contribution in [2.45, 2.75) is 39.8 Å². The summed E-state index contributed by atoms with van der Waals surface area (Å²) < 4.78 is 5.14. The molecule has 17 heavy (non-hydrogen) atoms. The monoisotopic (exact) mass is 255 g/mol. The van der Waals surface area contributed by atoms with Crippen LogP contribution in [0.25, 0.3) is 0 Å². The molecule has 0 amide bonds. The Hall–Kier alpha value is -0.870. The van der Waals surface area contributed by atoms with E-state index in [1.807, 2.05) is 39.1 Å². The standard InChI is InChI=1S/C13H21NO2S/c1-5-16-12(15)13(4,10(2)3)14-9-11-7-6-8-17-11/h6-8,10,14H,5,9H2,1-4H3. The minimum atomic E-state index is -0.625. The Morgan fingerprint density at radius 2 is 2.29 bits per heavy atom. The number of hydrogen-bond donors (Lipinski definition) is 1. The van der Waals surface area contributed by atoms with Crippen LogP contribution < -0.4 is 5.32 Å². The Labute approximate surface area is 107 Å². The van der Waals surface area contributed by atoms with Crippen molar-refractivity contribution >= 4 is 17.3 Å². The van der Waals surface area contributed by atoms with Crippen molar-refractivity contribution in [3.05, 3.63) is 22.4 Å². The lowest BCUT2D eigenvalue weighted by Gasteiger charge is -2.32. The normalized spacial score (nSPS) is 14.6. The van der Waals surface area contributed by atoms with E-state index >= 15 is 0 Å². The van der Waals surface area contributed by atoms with Crippen LogP contribution in [-0.2, 0) is 16.1 Å². The number of carbonyl (C=O) groups excluding carboxylic acids is 1. The molecule has 1 heterocycles. The largest absolute Gasteiger partial charge is 0.465 e. The topological polar surface area (TPSA) is 38.3 Å². The fraction of sp³-hybridized carbons (Fsp3) is 0.615. The van der Waals surface area contributed by atoms with E-state index in [9.17, 15) is 4.79 Å². The second-order valence-corrected chi connectivity index (χ2v) is 5.54. The van der Waals surface area contributed by atoms with Crippen LogP contribution in [0.15, 0.2) is 17.5 Å². The predicted octanol–water partition coefficient (Wildman–Crippen LogP) is 2.82. The number of thiophene rings is 1. The van der Waals surface area contributed by atoms with E-state index in [0.29, 0.717) is 13.2 Å². The van der Waals surface area contributed by atoms with Crippen molar-refractivity contribution in [1.29, 1.82) is 0 Å². The van der Waals surface area contributed by atoms with Gasteiger partial charge in [0.05, 0.1) is 6.61 Å². The van der Waals surface area contributed by atoms with E-state index < -0.39 is 5.54 Å². The van der Waals surface area contributed by atoms with Gasteiger partial charge in [-0.05, 0) is 31.2 Å². The van der Waals surface area contributed by atoms with Gasteiger partial charge in [-0.1, -0.05) is 19.9 Å². The van der Waals surface area contributed by atoms with Crippen LogP contribution >= 0.6 is 11.3 Å². The zero-order chi connectivity index (χ0) is 12.9. The third-order valence-electron chi connectivity index (χ3n) is 3.06. The number of hydrogen-bond acceptors (Lipinski definition) is 4. The van der Waals surface area contributed by atoms with Crippen LogP contribution in [0.4, 0.5) is 0 Å². The lowest BCUT2D eigenvalue weighted by molar-refractivity contribution is -0.152. The molecule has 0 saturated heterocycles. The quantitative estimate of drug-likeness (QED) is 0.794. The van der Waals surface area contributed by atoms with E-state index in [-0.39, 0.29) is 11.9 Å². The summed E-state index contributed by atoms with van der Waals surface area (Å²) >= 11 is 1.69. The first-order valence-electron chi connectivity index (χ1n) is 5.95. The van der Waals surface area contributed by atoms with E-state index in [4.69, 9.17) is 4.74 Å². The van der Waals surface area contributed by atoms with Crippen molar-refractivity contribution in [3.63, 3.8) is 0 Å². The first-order chi connectivity index (χ1) is 8.00. The third kappa shape index (κ3) is 3.54. The SMILES string of the molecule is CCOC(=O)C(C)(NCc1cccs1)C(C)C. The minimum absolute atomic E-state index is 0.174. The van der Waals surface area contributed by atoms with Crippen LogP contribution in [-0.4, -0.2) is 18.1 Å². The molecule has 0 radical (unpaired) electrons. The van der Waals surface area contributed by atoms with Gasteiger partial charge in [-0.25, -0.2) is 0 Å². The number of esters is 1. The van der Waals surface area contributed by atoms with Gasteiger partial charge in [0, 0.05) is 11.4 Å². The van der Waals surface area contributed by atoms with Gasteiger partial charge in [0.2, 0.25) is 0 Å². The molecular weight excluding hydrogens is 234 g/mol. The average Bonchev–Trinajstić information content (AvgIpc) is 2.78. The predicted molar refractivity (Wildman–Crippen MR) is 71.0 cm³/mol. The van der Waals surface area contributed by atoms with Gasteiger partial charge in [0.25, 0.3) is 0 Å². The van der Waals surface area contributed by atoms with Crippen LogP contribution in [0.3, 0.4) is 0 Å². The molecule has 0 aliphatic carbocycles. The number of nitrogens with one attached hydrogen (secondary N) is 1. The van der Waals surface area contributed by atoms with Gasteiger partial charge in [-0.2, -0.15) is 0 Å². The number of ether oxygens (including phenoxy) is 1. The van der Waals surface area contributed by atoms with Gasteiger partial charge >= 0.3 is 5.97 Å². The highest BCUT2D eigenvalue weighted by atomic mass is 32.1. The summed E-state index contributed by atoms with van der Waals surface area (Å²) in [4.78, 5) is 13.2. The fourth-order valence-electron chi connectivity index (χ4n) is 1.48. The highest BCUT2D eigenvalue weighted by Crippen LogP contribution is 2.20. The summed E-state index contributed by atoms with van der Waals surface area (Å²) in [6.07, 6.45) is 0. The van der Waals surface area contributed by atoms with Gasteiger partial charge < -0.3 is 4.74 Å². The molecule has 0 fully saturated rings. The first-order valence-corrected chi connectivity index (χ1v) is 6.83. The maximum atomic E-state index is 12.0. The Kier molecular flexibility index (Phi) is 5.15. The highest BCUT2D eigenvalue weighted by molar-refractivity contribution is 7.09. The number of carbonyl (C=O) groups is 1. The summed E-state index contributed by atoms with van der Waals surface area (Å²) in [5, 5.41) is 5.35. The van der Waals surface area contributed by atoms with Gasteiger partial charge in [-0.15, -0.1) is 11.3 Å². The molecular formula is C13H21NO2S. The molecule has 1 atom stereocenters. The van der Waals surface area contributed by atoms with Crippen LogP contribution in [0, 0.1) is 5.92 Å². The maximum Gasteiger partial charge on any atom is 0.326 e. The molecule has 1 aromatic heterocycles.